The van der Waals surface area contributed by atoms with Crippen LogP contribution in [0.5, 0.6) is 0 Å². The first-order valence-corrected chi connectivity index (χ1v) is 13.7. The van der Waals surface area contributed by atoms with Crippen LogP contribution in [0.4, 0.5) is 16.2 Å². The Bertz CT molecular complexity index is 1430. The van der Waals surface area contributed by atoms with E-state index in [4.69, 9.17) is 9.97 Å². The molecule has 1 aliphatic carbocycles. The van der Waals surface area contributed by atoms with Crippen molar-refractivity contribution in [3.63, 3.8) is 0 Å². The first kappa shape index (κ1) is 26.6. The molecule has 1 fully saturated rings. The van der Waals surface area contributed by atoms with Gasteiger partial charge in [-0.25, -0.2) is 9.37 Å². The Labute approximate surface area is 229 Å². The first-order valence-electron chi connectivity index (χ1n) is 13.7. The second-order valence-electron chi connectivity index (χ2n) is 10.7. The van der Waals surface area contributed by atoms with Crippen LogP contribution in [0.1, 0.15) is 44.1 Å². The molecule has 5 rings (SSSR count). The number of nitrogens with zero attached hydrogens (tertiary/aromatic N) is 3. The minimum absolute atomic E-state index is 0.0668. The number of para-hydroxylation sites is 1. The van der Waals surface area contributed by atoms with E-state index in [9.17, 15) is 9.18 Å². The van der Waals surface area contributed by atoms with Gasteiger partial charge in [0.2, 0.25) is 11.9 Å². The maximum atomic E-state index is 14.8. The quantitative estimate of drug-likeness (QED) is 0.279. The molecule has 7 heteroatoms. The number of carbonyl (C=O) groups is 1. The van der Waals surface area contributed by atoms with Gasteiger partial charge in [0.1, 0.15) is 11.6 Å². The van der Waals surface area contributed by atoms with Gasteiger partial charge in [0.25, 0.3) is 0 Å². The number of hydrogen-bond acceptors (Lipinski definition) is 5. The van der Waals surface area contributed by atoms with Crippen LogP contribution in [-0.4, -0.2) is 42.6 Å². The fraction of sp³-hybridized carbons (Fsp3) is 0.344. The molecule has 1 aromatic heterocycles. The van der Waals surface area contributed by atoms with Crippen LogP contribution < -0.4 is 15.5 Å². The summed E-state index contributed by atoms with van der Waals surface area (Å²) in [7, 11) is 3.99. The van der Waals surface area contributed by atoms with Gasteiger partial charge in [0, 0.05) is 37.6 Å². The largest absolute Gasteiger partial charge is 0.362 e. The number of hydrogen-bond donors (Lipinski definition) is 2. The predicted octanol–water partition coefficient (Wildman–Crippen LogP) is 6.39. The van der Waals surface area contributed by atoms with E-state index in [0.29, 0.717) is 35.6 Å². The number of anilines is 2. The molecule has 0 unspecified atom stereocenters. The molecule has 202 valence electrons. The summed E-state index contributed by atoms with van der Waals surface area (Å²) in [5.74, 6) is 1.20. The van der Waals surface area contributed by atoms with Crippen molar-refractivity contribution in [3.8, 4) is 11.1 Å². The van der Waals surface area contributed by atoms with Gasteiger partial charge in [0.15, 0.2) is 0 Å². The maximum absolute atomic E-state index is 14.8. The Morgan fingerprint density at radius 3 is 2.41 bits per heavy atom. The molecule has 2 N–H and O–H groups in total. The van der Waals surface area contributed by atoms with Crippen molar-refractivity contribution in [2.45, 2.75) is 44.6 Å². The SMILES string of the molecule is C[C@H](C(=O)NCC1CCC(Nc2nc(N(C)C)c3ccccc3n2)CC1)c1ccc(-c2ccccc2)c(F)c1. The Kier molecular flexibility index (Phi) is 8.05. The van der Waals surface area contributed by atoms with E-state index in [1.54, 1.807) is 6.07 Å². The second kappa shape index (κ2) is 11.8. The fourth-order valence-electron chi connectivity index (χ4n) is 5.36. The lowest BCUT2D eigenvalue weighted by Gasteiger charge is -2.30. The van der Waals surface area contributed by atoms with Crippen LogP contribution in [0, 0.1) is 11.7 Å². The van der Waals surface area contributed by atoms with E-state index in [0.717, 1.165) is 48.0 Å². The molecule has 0 bridgehead atoms. The van der Waals surface area contributed by atoms with E-state index in [2.05, 4.69) is 10.6 Å². The number of amides is 1. The highest BCUT2D eigenvalue weighted by atomic mass is 19.1. The van der Waals surface area contributed by atoms with E-state index in [-0.39, 0.29) is 11.7 Å². The number of benzene rings is 3. The van der Waals surface area contributed by atoms with E-state index in [1.807, 2.05) is 86.6 Å². The molecular formula is C32H36FN5O. The number of carbonyl (C=O) groups excluding carboxylic acids is 1. The lowest BCUT2D eigenvalue weighted by Crippen LogP contribution is -2.36. The third-order valence-electron chi connectivity index (χ3n) is 7.72. The Morgan fingerprint density at radius 1 is 0.974 bits per heavy atom. The molecule has 4 aromatic rings. The Hall–Kier alpha value is -4.00. The molecule has 1 atom stereocenters. The van der Waals surface area contributed by atoms with Crippen LogP contribution in [0.2, 0.25) is 0 Å². The van der Waals surface area contributed by atoms with Gasteiger partial charge in [0.05, 0.1) is 11.4 Å². The van der Waals surface area contributed by atoms with Gasteiger partial charge in [-0.1, -0.05) is 54.6 Å². The summed E-state index contributed by atoms with van der Waals surface area (Å²) in [6, 6.07) is 22.9. The maximum Gasteiger partial charge on any atom is 0.227 e. The molecular weight excluding hydrogens is 489 g/mol. The molecule has 0 spiro atoms. The first-order chi connectivity index (χ1) is 18.9. The summed E-state index contributed by atoms with van der Waals surface area (Å²) in [6.45, 7) is 2.47. The van der Waals surface area contributed by atoms with Crippen molar-refractivity contribution in [2.24, 2.45) is 5.92 Å². The minimum atomic E-state index is -0.418. The van der Waals surface area contributed by atoms with E-state index >= 15 is 0 Å². The highest BCUT2D eigenvalue weighted by Gasteiger charge is 2.24. The van der Waals surface area contributed by atoms with Crippen LogP contribution in [-0.2, 0) is 4.79 Å². The lowest BCUT2D eigenvalue weighted by atomic mass is 9.86. The molecule has 6 nitrogen and oxygen atoms in total. The number of halogens is 1. The van der Waals surface area contributed by atoms with Gasteiger partial charge >= 0.3 is 0 Å². The van der Waals surface area contributed by atoms with Gasteiger partial charge in [-0.05, 0) is 67.9 Å². The van der Waals surface area contributed by atoms with Gasteiger partial charge < -0.3 is 15.5 Å². The summed E-state index contributed by atoms with van der Waals surface area (Å²) < 4.78 is 14.8. The van der Waals surface area contributed by atoms with Crippen LogP contribution >= 0.6 is 0 Å². The normalized spacial score (nSPS) is 17.9. The smallest absolute Gasteiger partial charge is 0.227 e. The average Bonchev–Trinajstić information content (AvgIpc) is 2.96. The van der Waals surface area contributed by atoms with Crippen LogP contribution in [0.15, 0.2) is 72.8 Å². The summed E-state index contributed by atoms with van der Waals surface area (Å²) in [4.78, 5) is 24.4. The molecule has 0 saturated heterocycles. The molecule has 0 aliphatic heterocycles. The topological polar surface area (TPSA) is 70.2 Å². The molecule has 3 aromatic carbocycles. The number of rotatable bonds is 8. The van der Waals surface area contributed by atoms with E-state index < -0.39 is 5.92 Å². The van der Waals surface area contributed by atoms with Crippen molar-refractivity contribution >= 4 is 28.6 Å². The molecule has 1 saturated carbocycles. The fourth-order valence-corrected chi connectivity index (χ4v) is 5.36. The zero-order chi connectivity index (χ0) is 27.4. The number of nitrogens with one attached hydrogen (secondary N) is 2. The summed E-state index contributed by atoms with van der Waals surface area (Å²) >= 11 is 0. The van der Waals surface area contributed by atoms with Crippen molar-refractivity contribution in [2.75, 3.05) is 30.9 Å². The summed E-state index contributed by atoms with van der Waals surface area (Å²) in [5.41, 5.74) is 2.99. The van der Waals surface area contributed by atoms with Crippen LogP contribution in [0.3, 0.4) is 0 Å². The Morgan fingerprint density at radius 2 is 1.69 bits per heavy atom. The van der Waals surface area contributed by atoms with Crippen molar-refractivity contribution < 1.29 is 9.18 Å². The number of fused-ring (bicyclic) bond motifs is 1. The van der Waals surface area contributed by atoms with Gasteiger partial charge in [-0.3, -0.25) is 4.79 Å². The van der Waals surface area contributed by atoms with Gasteiger partial charge in [-0.15, -0.1) is 0 Å². The molecule has 0 radical (unpaired) electrons. The standard InChI is InChI=1S/C32H36FN5O/c1-21(24-15-18-26(28(33)19-24)23-9-5-4-6-10-23)31(39)34-20-22-13-16-25(17-14-22)35-32-36-29-12-8-7-11-27(29)30(37-32)38(2)3/h4-12,15,18-19,21-22,25H,13-14,16-17,20H2,1-3H3,(H,34,39)(H,35,36,37)/t21-,22?,25?/m0/s1. The molecule has 1 aliphatic rings. The molecule has 1 heterocycles. The number of aromatic nitrogens is 2. The summed E-state index contributed by atoms with van der Waals surface area (Å²) in [5, 5.41) is 7.69. The zero-order valence-corrected chi connectivity index (χ0v) is 22.8. The minimum Gasteiger partial charge on any atom is -0.362 e. The average molecular weight is 526 g/mol. The van der Waals surface area contributed by atoms with Crippen molar-refractivity contribution in [3.05, 3.63) is 84.2 Å². The van der Waals surface area contributed by atoms with Gasteiger partial charge in [-0.2, -0.15) is 4.98 Å². The third kappa shape index (κ3) is 6.19. The zero-order valence-electron chi connectivity index (χ0n) is 22.8. The van der Waals surface area contributed by atoms with Crippen LogP contribution in [0.25, 0.3) is 22.0 Å². The highest BCUT2D eigenvalue weighted by molar-refractivity contribution is 5.90. The van der Waals surface area contributed by atoms with Crippen molar-refractivity contribution in [1.82, 2.24) is 15.3 Å². The van der Waals surface area contributed by atoms with Crippen molar-refractivity contribution in [1.29, 1.82) is 0 Å². The third-order valence-corrected chi connectivity index (χ3v) is 7.72. The highest BCUT2D eigenvalue weighted by Crippen LogP contribution is 2.29. The monoisotopic (exact) mass is 525 g/mol. The summed E-state index contributed by atoms with van der Waals surface area (Å²) in [6.07, 6.45) is 4.02. The Balaban J connectivity index is 1.12. The molecule has 1 amide bonds. The second-order valence-corrected chi connectivity index (χ2v) is 10.7. The predicted molar refractivity (Wildman–Crippen MR) is 156 cm³/mol. The lowest BCUT2D eigenvalue weighted by molar-refractivity contribution is -0.122. The molecule has 39 heavy (non-hydrogen) atoms. The van der Waals surface area contributed by atoms with E-state index in [1.165, 1.54) is 6.07 Å².